The summed E-state index contributed by atoms with van der Waals surface area (Å²) in [6.07, 6.45) is -3.54. The van der Waals surface area contributed by atoms with Gasteiger partial charge >= 0.3 is 24.2 Å². The molecular weight excluding hydrogens is 486 g/mol. The van der Waals surface area contributed by atoms with Crippen LogP contribution in [0.2, 0.25) is 0 Å². The van der Waals surface area contributed by atoms with Crippen LogP contribution in [0.1, 0.15) is 73.3 Å². The number of esters is 1. The van der Waals surface area contributed by atoms with Crippen LogP contribution in [0.3, 0.4) is 0 Å². The maximum Gasteiger partial charge on any atom is 0.514 e. The van der Waals surface area contributed by atoms with Crippen LogP contribution in [0.25, 0.3) is 0 Å². The van der Waals surface area contributed by atoms with E-state index < -0.39 is 54.5 Å². The molecular formula is C26H39NO10. The summed E-state index contributed by atoms with van der Waals surface area (Å²) in [7, 11) is 0. The van der Waals surface area contributed by atoms with E-state index in [2.05, 4.69) is 0 Å². The molecule has 0 saturated carbocycles. The van der Waals surface area contributed by atoms with Crippen molar-refractivity contribution in [3.63, 3.8) is 0 Å². The highest BCUT2D eigenvalue weighted by atomic mass is 16.7. The Bertz CT molecular complexity index is 945. The fraction of sp³-hybridized carbons (Fsp3) is 0.615. The normalized spacial score (nSPS) is 15.2. The minimum Gasteiger partial charge on any atom is -0.480 e. The summed E-state index contributed by atoms with van der Waals surface area (Å²) in [6.45, 7) is 13.7. The number of carboxylic acids is 1. The van der Waals surface area contributed by atoms with Crippen molar-refractivity contribution in [2.24, 2.45) is 17.6 Å². The smallest absolute Gasteiger partial charge is 0.480 e. The third kappa shape index (κ3) is 10.7. The van der Waals surface area contributed by atoms with Crippen LogP contribution in [-0.4, -0.2) is 53.7 Å². The molecule has 0 amide bonds. The minimum atomic E-state index is -1.37. The molecule has 0 aromatic heterocycles. The van der Waals surface area contributed by atoms with Crippen molar-refractivity contribution in [2.75, 3.05) is 0 Å². The summed E-state index contributed by atoms with van der Waals surface area (Å²) in [5.74, 6) is -2.94. The molecule has 0 bridgehead atoms. The first-order chi connectivity index (χ1) is 17.1. The summed E-state index contributed by atoms with van der Waals surface area (Å²) in [4.78, 5) is 47.9. The number of carboxylic acid groups (broad SMARTS) is 1. The van der Waals surface area contributed by atoms with Gasteiger partial charge in [-0.3, -0.25) is 9.59 Å². The summed E-state index contributed by atoms with van der Waals surface area (Å²) >= 11 is 0. The Balaban J connectivity index is 3.39. The van der Waals surface area contributed by atoms with Crippen LogP contribution >= 0.6 is 0 Å². The molecule has 0 aliphatic heterocycles. The maximum absolute atomic E-state index is 12.5. The fourth-order valence-electron chi connectivity index (χ4n) is 3.07. The van der Waals surface area contributed by atoms with E-state index in [0.717, 1.165) is 0 Å². The van der Waals surface area contributed by atoms with E-state index in [0.29, 0.717) is 5.56 Å². The summed E-state index contributed by atoms with van der Waals surface area (Å²) in [5.41, 5.74) is 6.30. The van der Waals surface area contributed by atoms with Crippen molar-refractivity contribution in [1.29, 1.82) is 0 Å². The molecule has 5 atom stereocenters. The summed E-state index contributed by atoms with van der Waals surface area (Å²) < 4.78 is 26.3. The first kappa shape index (κ1) is 31.7. The summed E-state index contributed by atoms with van der Waals surface area (Å²) in [5, 5.41) is 9.55. The van der Waals surface area contributed by atoms with Gasteiger partial charge in [0.05, 0.1) is 6.10 Å². The quantitative estimate of drug-likeness (QED) is 0.222. The second kappa shape index (κ2) is 14.4. The molecule has 0 heterocycles. The molecule has 0 saturated heterocycles. The zero-order valence-corrected chi connectivity index (χ0v) is 22.7. The van der Waals surface area contributed by atoms with Crippen molar-refractivity contribution in [2.45, 2.75) is 92.1 Å². The van der Waals surface area contributed by atoms with Crippen molar-refractivity contribution < 1.29 is 48.0 Å². The highest BCUT2D eigenvalue weighted by Gasteiger charge is 2.30. The molecule has 11 heteroatoms. The number of ether oxygens (including phenoxy) is 5. The average molecular weight is 526 g/mol. The van der Waals surface area contributed by atoms with Crippen LogP contribution in [0, 0.1) is 11.8 Å². The van der Waals surface area contributed by atoms with Crippen LogP contribution in [0.4, 0.5) is 9.59 Å². The SMILES string of the molecule is CC(=O)OC(C)CC(c1ccc(OC(=O)OC(C)C(C)C)c(OC(=O)OC(C)C(C)C)c1)[C@H](N)C(=O)O. The lowest BCUT2D eigenvalue weighted by atomic mass is 9.87. The molecule has 0 aliphatic rings. The van der Waals surface area contributed by atoms with Gasteiger partial charge < -0.3 is 34.5 Å². The van der Waals surface area contributed by atoms with E-state index in [4.69, 9.17) is 29.4 Å². The predicted octanol–water partition coefficient (Wildman–Crippen LogP) is 4.64. The molecule has 3 N–H and O–H groups in total. The van der Waals surface area contributed by atoms with Gasteiger partial charge in [0.15, 0.2) is 11.5 Å². The average Bonchev–Trinajstić information content (AvgIpc) is 2.77. The molecule has 11 nitrogen and oxygen atoms in total. The monoisotopic (exact) mass is 525 g/mol. The minimum absolute atomic E-state index is 0.0165. The van der Waals surface area contributed by atoms with Gasteiger partial charge in [-0.25, -0.2) is 9.59 Å². The van der Waals surface area contributed by atoms with Gasteiger partial charge in [-0.2, -0.15) is 0 Å². The van der Waals surface area contributed by atoms with E-state index in [9.17, 15) is 24.3 Å². The lowest BCUT2D eigenvalue weighted by Gasteiger charge is -2.25. The number of aliphatic carboxylic acids is 1. The molecule has 0 radical (unpaired) electrons. The largest absolute Gasteiger partial charge is 0.514 e. The first-order valence-electron chi connectivity index (χ1n) is 12.2. The second-order valence-corrected chi connectivity index (χ2v) is 9.67. The van der Waals surface area contributed by atoms with Crippen molar-refractivity contribution in [3.05, 3.63) is 23.8 Å². The van der Waals surface area contributed by atoms with Gasteiger partial charge in [-0.1, -0.05) is 33.8 Å². The highest BCUT2D eigenvalue weighted by Crippen LogP contribution is 2.35. The van der Waals surface area contributed by atoms with Gasteiger partial charge in [0.2, 0.25) is 0 Å². The fourth-order valence-corrected chi connectivity index (χ4v) is 3.07. The Morgan fingerprint density at radius 3 is 1.73 bits per heavy atom. The van der Waals surface area contributed by atoms with Crippen LogP contribution in [0.15, 0.2) is 18.2 Å². The van der Waals surface area contributed by atoms with Gasteiger partial charge in [0.25, 0.3) is 0 Å². The Morgan fingerprint density at radius 1 is 0.811 bits per heavy atom. The van der Waals surface area contributed by atoms with Gasteiger partial charge in [-0.15, -0.1) is 0 Å². The Morgan fingerprint density at radius 2 is 1.30 bits per heavy atom. The Kier molecular flexibility index (Phi) is 12.3. The number of rotatable bonds is 12. The third-order valence-corrected chi connectivity index (χ3v) is 5.90. The topological polar surface area (TPSA) is 161 Å². The van der Waals surface area contributed by atoms with E-state index in [-0.39, 0.29) is 29.8 Å². The zero-order valence-electron chi connectivity index (χ0n) is 22.7. The second-order valence-electron chi connectivity index (χ2n) is 9.67. The van der Waals surface area contributed by atoms with Crippen molar-refractivity contribution in [1.82, 2.24) is 0 Å². The molecule has 1 aromatic rings. The number of carbonyl (C=O) groups is 4. The number of hydrogen-bond donors (Lipinski definition) is 2. The zero-order chi connectivity index (χ0) is 28.4. The van der Waals surface area contributed by atoms with Crippen LogP contribution in [-0.2, 0) is 23.8 Å². The van der Waals surface area contributed by atoms with E-state index in [1.54, 1.807) is 20.8 Å². The first-order valence-corrected chi connectivity index (χ1v) is 12.2. The lowest BCUT2D eigenvalue weighted by molar-refractivity contribution is -0.146. The van der Waals surface area contributed by atoms with Crippen LogP contribution < -0.4 is 15.2 Å². The molecule has 1 rings (SSSR count). The van der Waals surface area contributed by atoms with Gasteiger partial charge in [0, 0.05) is 12.8 Å². The van der Waals surface area contributed by atoms with Crippen molar-refractivity contribution in [3.8, 4) is 11.5 Å². The lowest BCUT2D eigenvalue weighted by Crippen LogP contribution is -2.38. The van der Waals surface area contributed by atoms with E-state index in [1.807, 2.05) is 27.7 Å². The Labute approximate surface area is 217 Å². The maximum atomic E-state index is 12.5. The number of hydrogen-bond acceptors (Lipinski definition) is 10. The molecule has 0 spiro atoms. The standard InChI is InChI=1S/C26H39NO10/c1-13(2)16(6)34-25(31)36-21-10-9-19(12-22(21)37-26(32)35-17(7)14(3)4)20(23(27)24(29)30)11-15(5)33-18(8)28/h9-10,12-17,20,23H,11,27H2,1-8H3,(H,29,30)/t15?,16?,17?,20?,23-/m0/s1. The molecule has 0 fully saturated rings. The summed E-state index contributed by atoms with van der Waals surface area (Å²) in [6, 6.07) is 2.78. The highest BCUT2D eigenvalue weighted by molar-refractivity contribution is 5.75. The molecule has 37 heavy (non-hydrogen) atoms. The number of carbonyl (C=O) groups excluding carboxylic acids is 3. The molecule has 4 unspecified atom stereocenters. The number of benzene rings is 1. The van der Waals surface area contributed by atoms with E-state index in [1.165, 1.54) is 25.1 Å². The molecule has 208 valence electrons. The molecule has 0 aliphatic carbocycles. The van der Waals surface area contributed by atoms with Gasteiger partial charge in [0.1, 0.15) is 18.2 Å². The molecule has 1 aromatic carbocycles. The van der Waals surface area contributed by atoms with Crippen LogP contribution in [0.5, 0.6) is 11.5 Å². The number of nitrogens with two attached hydrogens (primary N) is 1. The van der Waals surface area contributed by atoms with Crippen molar-refractivity contribution >= 4 is 24.2 Å². The predicted molar refractivity (Wildman–Crippen MR) is 133 cm³/mol. The van der Waals surface area contributed by atoms with Gasteiger partial charge in [-0.05, 0) is 56.7 Å². The third-order valence-electron chi connectivity index (χ3n) is 5.90. The van der Waals surface area contributed by atoms with E-state index >= 15 is 0 Å². The Hall–Kier alpha value is -3.34.